The molecule has 1 aliphatic carbocycles. The van der Waals surface area contributed by atoms with Crippen LogP contribution in [0.5, 0.6) is 0 Å². The molecule has 1 aliphatic rings. The Morgan fingerprint density at radius 2 is 1.93 bits per heavy atom. The lowest BCUT2D eigenvalue weighted by Gasteiger charge is -2.28. The van der Waals surface area contributed by atoms with Crippen LogP contribution in [-0.2, 0) is 0 Å². The van der Waals surface area contributed by atoms with Crippen molar-refractivity contribution in [2.75, 3.05) is 0 Å². The maximum atomic E-state index is 4.64. The molecule has 2 nitrogen and oxygen atoms in total. The molecule has 2 rings (SSSR count). The van der Waals surface area contributed by atoms with E-state index in [1.165, 1.54) is 30.8 Å². The molecule has 0 saturated heterocycles. The Morgan fingerprint density at radius 1 is 1.27 bits per heavy atom. The van der Waals surface area contributed by atoms with Gasteiger partial charge in [0.25, 0.3) is 0 Å². The van der Waals surface area contributed by atoms with Gasteiger partial charge in [-0.15, -0.1) is 0 Å². The van der Waals surface area contributed by atoms with E-state index in [2.05, 4.69) is 43.4 Å². The smallest absolute Gasteiger partial charge is 0.112 e. The summed E-state index contributed by atoms with van der Waals surface area (Å²) < 4.78 is 2.45. The lowest BCUT2D eigenvalue weighted by atomic mass is 9.84. The fourth-order valence-corrected chi connectivity index (χ4v) is 2.35. The Morgan fingerprint density at radius 3 is 2.33 bits per heavy atom. The lowest BCUT2D eigenvalue weighted by molar-refractivity contribution is 0.374. The number of rotatable bonds is 3. The zero-order valence-electron chi connectivity index (χ0n) is 10.3. The van der Waals surface area contributed by atoms with Gasteiger partial charge < -0.3 is 4.57 Å². The summed E-state index contributed by atoms with van der Waals surface area (Å²) in [7, 11) is 0. The molecule has 84 valence electrons. The summed E-state index contributed by atoms with van der Waals surface area (Å²) in [5, 5.41) is 0. The second-order valence-electron chi connectivity index (χ2n) is 5.29. The van der Waals surface area contributed by atoms with Crippen molar-refractivity contribution in [1.29, 1.82) is 0 Å². The number of hydrogen-bond donors (Lipinski definition) is 0. The fourth-order valence-electron chi connectivity index (χ4n) is 2.35. The topological polar surface area (TPSA) is 17.8 Å². The molecule has 1 aromatic heterocycles. The van der Waals surface area contributed by atoms with Crippen LogP contribution in [0.25, 0.3) is 0 Å². The van der Waals surface area contributed by atoms with E-state index in [9.17, 15) is 0 Å². The van der Waals surface area contributed by atoms with Gasteiger partial charge in [-0.3, -0.25) is 0 Å². The first kappa shape index (κ1) is 10.7. The molecule has 1 saturated carbocycles. The van der Waals surface area contributed by atoms with Crippen molar-refractivity contribution in [1.82, 2.24) is 9.55 Å². The SMILES string of the molecule is CC(C)c1cnc(C2CCC2)n1C(C)C. The average Bonchev–Trinajstić information content (AvgIpc) is 2.45. The molecular formula is C13H22N2. The summed E-state index contributed by atoms with van der Waals surface area (Å²) >= 11 is 0. The molecule has 2 heteroatoms. The van der Waals surface area contributed by atoms with Crippen molar-refractivity contribution in [2.45, 2.75) is 64.8 Å². The zero-order valence-corrected chi connectivity index (χ0v) is 10.3. The largest absolute Gasteiger partial charge is 0.329 e. The van der Waals surface area contributed by atoms with Crippen LogP contribution in [-0.4, -0.2) is 9.55 Å². The predicted molar refractivity (Wildman–Crippen MR) is 63.3 cm³/mol. The first-order chi connectivity index (χ1) is 7.11. The molecule has 0 amide bonds. The highest BCUT2D eigenvalue weighted by atomic mass is 15.1. The number of imidazole rings is 1. The van der Waals surface area contributed by atoms with Gasteiger partial charge in [0.2, 0.25) is 0 Å². The molecule has 1 heterocycles. The van der Waals surface area contributed by atoms with Crippen LogP contribution in [0.15, 0.2) is 6.20 Å². The van der Waals surface area contributed by atoms with Crippen LogP contribution in [0.1, 0.15) is 76.4 Å². The minimum atomic E-state index is 0.542. The van der Waals surface area contributed by atoms with Crippen molar-refractivity contribution >= 4 is 0 Å². The minimum Gasteiger partial charge on any atom is -0.329 e. The summed E-state index contributed by atoms with van der Waals surface area (Å²) in [5.74, 6) is 2.65. The summed E-state index contributed by atoms with van der Waals surface area (Å²) in [6.07, 6.45) is 6.13. The molecule has 0 bridgehead atoms. The Labute approximate surface area is 92.7 Å². The van der Waals surface area contributed by atoms with Crippen LogP contribution in [0, 0.1) is 0 Å². The Hall–Kier alpha value is -0.790. The summed E-state index contributed by atoms with van der Waals surface area (Å²) in [4.78, 5) is 4.64. The third-order valence-corrected chi connectivity index (χ3v) is 3.43. The molecule has 0 aliphatic heterocycles. The number of aromatic nitrogens is 2. The van der Waals surface area contributed by atoms with E-state index < -0.39 is 0 Å². The van der Waals surface area contributed by atoms with Crippen LogP contribution in [0.2, 0.25) is 0 Å². The molecule has 0 radical (unpaired) electrons. The highest BCUT2D eigenvalue weighted by Gasteiger charge is 2.26. The monoisotopic (exact) mass is 206 g/mol. The first-order valence-corrected chi connectivity index (χ1v) is 6.18. The van der Waals surface area contributed by atoms with Gasteiger partial charge in [0.1, 0.15) is 5.82 Å². The summed E-state index contributed by atoms with van der Waals surface area (Å²) in [6, 6.07) is 0.542. The van der Waals surface area contributed by atoms with Crippen molar-refractivity contribution in [3.05, 3.63) is 17.7 Å². The number of nitrogens with zero attached hydrogens (tertiary/aromatic N) is 2. The molecule has 0 unspecified atom stereocenters. The molecule has 0 spiro atoms. The van der Waals surface area contributed by atoms with E-state index in [0.717, 1.165) is 5.92 Å². The van der Waals surface area contributed by atoms with Gasteiger partial charge in [0.15, 0.2) is 0 Å². The van der Waals surface area contributed by atoms with E-state index >= 15 is 0 Å². The third-order valence-electron chi connectivity index (χ3n) is 3.43. The van der Waals surface area contributed by atoms with E-state index in [0.29, 0.717) is 12.0 Å². The third kappa shape index (κ3) is 1.82. The van der Waals surface area contributed by atoms with E-state index in [4.69, 9.17) is 0 Å². The van der Waals surface area contributed by atoms with Crippen molar-refractivity contribution in [2.24, 2.45) is 0 Å². The average molecular weight is 206 g/mol. The van der Waals surface area contributed by atoms with Crippen LogP contribution < -0.4 is 0 Å². The standard InChI is InChI=1S/C13H22N2/c1-9(2)12-8-14-13(11-6-5-7-11)15(12)10(3)4/h8-11H,5-7H2,1-4H3. The maximum absolute atomic E-state index is 4.64. The minimum absolute atomic E-state index is 0.542. The van der Waals surface area contributed by atoms with Crippen LogP contribution in [0.4, 0.5) is 0 Å². The van der Waals surface area contributed by atoms with Gasteiger partial charge in [-0.25, -0.2) is 4.98 Å². The van der Waals surface area contributed by atoms with Gasteiger partial charge in [0, 0.05) is 23.9 Å². The van der Waals surface area contributed by atoms with E-state index in [-0.39, 0.29) is 0 Å². The quantitative estimate of drug-likeness (QED) is 0.734. The molecule has 1 aromatic rings. The zero-order chi connectivity index (χ0) is 11.0. The normalized spacial score (nSPS) is 17.5. The Kier molecular flexibility index (Phi) is 2.85. The second-order valence-corrected chi connectivity index (χ2v) is 5.29. The maximum Gasteiger partial charge on any atom is 0.112 e. The molecule has 0 N–H and O–H groups in total. The van der Waals surface area contributed by atoms with Gasteiger partial charge in [0.05, 0.1) is 0 Å². The second kappa shape index (κ2) is 3.99. The Balaban J connectivity index is 2.37. The molecule has 15 heavy (non-hydrogen) atoms. The van der Waals surface area contributed by atoms with Crippen molar-refractivity contribution in [3.8, 4) is 0 Å². The first-order valence-electron chi connectivity index (χ1n) is 6.18. The molecular weight excluding hydrogens is 184 g/mol. The fraction of sp³-hybridized carbons (Fsp3) is 0.769. The summed E-state index contributed by atoms with van der Waals surface area (Å²) in [6.45, 7) is 9.02. The lowest BCUT2D eigenvalue weighted by Crippen LogP contribution is -2.18. The highest BCUT2D eigenvalue weighted by molar-refractivity contribution is 5.15. The van der Waals surface area contributed by atoms with Crippen LogP contribution >= 0.6 is 0 Å². The molecule has 1 fully saturated rings. The van der Waals surface area contributed by atoms with Crippen molar-refractivity contribution < 1.29 is 0 Å². The predicted octanol–water partition coefficient (Wildman–Crippen LogP) is 3.85. The highest BCUT2D eigenvalue weighted by Crippen LogP contribution is 2.37. The van der Waals surface area contributed by atoms with Gasteiger partial charge in [-0.1, -0.05) is 20.3 Å². The van der Waals surface area contributed by atoms with Gasteiger partial charge >= 0.3 is 0 Å². The van der Waals surface area contributed by atoms with E-state index in [1.54, 1.807) is 0 Å². The molecule has 0 atom stereocenters. The molecule has 0 aromatic carbocycles. The van der Waals surface area contributed by atoms with E-state index in [1.807, 2.05) is 0 Å². The number of hydrogen-bond acceptors (Lipinski definition) is 1. The van der Waals surface area contributed by atoms with Crippen LogP contribution in [0.3, 0.4) is 0 Å². The van der Waals surface area contributed by atoms with Gasteiger partial charge in [-0.2, -0.15) is 0 Å². The van der Waals surface area contributed by atoms with Gasteiger partial charge in [-0.05, 0) is 32.6 Å². The summed E-state index contributed by atoms with van der Waals surface area (Å²) in [5.41, 5.74) is 1.40. The van der Waals surface area contributed by atoms with Crippen molar-refractivity contribution in [3.63, 3.8) is 0 Å². The Bertz CT molecular complexity index is 332.